The number of hydroxylamine groups is 1. The van der Waals surface area contributed by atoms with Crippen molar-refractivity contribution >= 4 is 5.97 Å². The van der Waals surface area contributed by atoms with Crippen LogP contribution in [0.25, 0.3) is 0 Å². The summed E-state index contributed by atoms with van der Waals surface area (Å²) in [5.74, 6) is -0.391. The first-order valence-electron chi connectivity index (χ1n) is 2.22. The van der Waals surface area contributed by atoms with Crippen LogP contribution in [0.2, 0.25) is 0 Å². The fourth-order valence-electron chi connectivity index (χ4n) is 0.355. The van der Waals surface area contributed by atoms with Gasteiger partial charge in [-0.05, 0) is 6.92 Å². The van der Waals surface area contributed by atoms with Crippen LogP contribution in [0.3, 0.4) is 0 Å². The lowest BCUT2D eigenvalue weighted by Crippen LogP contribution is -2.24. The van der Waals surface area contributed by atoms with Gasteiger partial charge in [0.15, 0.2) is 0 Å². The van der Waals surface area contributed by atoms with Crippen LogP contribution in [0.4, 0.5) is 0 Å². The molecule has 1 fully saturated rings. The molecule has 0 aliphatic carbocycles. The smallest absolute Gasteiger partial charge is 0.357 e. The zero-order valence-electron chi connectivity index (χ0n) is 4.72. The molecule has 0 bridgehead atoms. The first-order chi connectivity index (χ1) is 3.69. The van der Waals surface area contributed by atoms with Gasteiger partial charge in [0.25, 0.3) is 5.72 Å². The number of methoxy groups -OCH3 is 1. The lowest BCUT2D eigenvalue weighted by Gasteiger charge is -1.96. The summed E-state index contributed by atoms with van der Waals surface area (Å²) in [7, 11) is 1.32. The second-order valence-electron chi connectivity index (χ2n) is 1.73. The fraction of sp³-hybridized carbons (Fsp3) is 0.750. The minimum absolute atomic E-state index is 0.391. The summed E-state index contributed by atoms with van der Waals surface area (Å²) >= 11 is 0. The van der Waals surface area contributed by atoms with Crippen molar-refractivity contribution in [2.24, 2.45) is 0 Å². The molecular formula is C4H7NO3. The zero-order valence-corrected chi connectivity index (χ0v) is 4.72. The summed E-state index contributed by atoms with van der Waals surface area (Å²) in [4.78, 5) is 15.0. The molecule has 1 N–H and O–H groups in total. The minimum atomic E-state index is -0.852. The Bertz CT molecular complexity index is 118. The molecule has 1 aliphatic heterocycles. The largest absolute Gasteiger partial charge is 0.466 e. The molecule has 1 rings (SSSR count). The molecular weight excluding hydrogens is 110 g/mol. The summed E-state index contributed by atoms with van der Waals surface area (Å²) in [6, 6.07) is 0. The van der Waals surface area contributed by atoms with E-state index in [9.17, 15) is 4.79 Å². The van der Waals surface area contributed by atoms with Gasteiger partial charge in [-0.25, -0.2) is 4.79 Å². The van der Waals surface area contributed by atoms with Gasteiger partial charge in [0.1, 0.15) is 0 Å². The van der Waals surface area contributed by atoms with Crippen LogP contribution in [0, 0.1) is 0 Å². The van der Waals surface area contributed by atoms with Crippen LogP contribution >= 0.6 is 0 Å². The van der Waals surface area contributed by atoms with Gasteiger partial charge < -0.3 is 4.74 Å². The maximum absolute atomic E-state index is 10.5. The van der Waals surface area contributed by atoms with Crippen molar-refractivity contribution in [3.05, 3.63) is 0 Å². The van der Waals surface area contributed by atoms with Crippen molar-refractivity contribution in [3.8, 4) is 0 Å². The van der Waals surface area contributed by atoms with Gasteiger partial charge in [-0.1, -0.05) is 0 Å². The van der Waals surface area contributed by atoms with E-state index in [1.165, 1.54) is 7.11 Å². The van der Waals surface area contributed by atoms with Crippen LogP contribution in [0.15, 0.2) is 0 Å². The summed E-state index contributed by atoms with van der Waals surface area (Å²) in [6.07, 6.45) is 0. The molecule has 0 amide bonds. The van der Waals surface area contributed by atoms with Gasteiger partial charge in [0.2, 0.25) is 0 Å². The highest BCUT2D eigenvalue weighted by molar-refractivity contribution is 5.80. The van der Waals surface area contributed by atoms with E-state index in [-0.39, 0.29) is 0 Å². The molecule has 0 spiro atoms. The van der Waals surface area contributed by atoms with Gasteiger partial charge in [-0.3, -0.25) is 4.84 Å². The van der Waals surface area contributed by atoms with Gasteiger partial charge in [-0.15, -0.1) is 0 Å². The Morgan fingerprint density at radius 2 is 2.38 bits per heavy atom. The van der Waals surface area contributed by atoms with Crippen LogP contribution < -0.4 is 5.48 Å². The molecule has 0 aromatic carbocycles. The zero-order chi connectivity index (χ0) is 6.20. The van der Waals surface area contributed by atoms with E-state index in [1.807, 2.05) is 0 Å². The maximum atomic E-state index is 10.5. The number of nitrogens with one attached hydrogen (secondary N) is 1. The fourth-order valence-corrected chi connectivity index (χ4v) is 0.355. The van der Waals surface area contributed by atoms with Gasteiger partial charge in [0.05, 0.1) is 7.11 Å². The standard InChI is InChI=1S/C4H7NO3/c1-4(5-8-4)3(6)7-2/h5H,1-2H3. The van der Waals surface area contributed by atoms with E-state index in [0.29, 0.717) is 0 Å². The monoisotopic (exact) mass is 117 g/mol. The number of esters is 1. The first-order valence-corrected chi connectivity index (χ1v) is 2.22. The summed E-state index contributed by atoms with van der Waals surface area (Å²) in [6.45, 7) is 1.60. The molecule has 0 aromatic rings. The van der Waals surface area contributed by atoms with Crippen molar-refractivity contribution in [1.82, 2.24) is 5.48 Å². The summed E-state index contributed by atoms with van der Waals surface area (Å²) in [5.41, 5.74) is 1.53. The molecule has 0 saturated carbocycles. The molecule has 4 nitrogen and oxygen atoms in total. The maximum Gasteiger partial charge on any atom is 0.357 e. The Morgan fingerprint density at radius 1 is 1.88 bits per heavy atom. The molecule has 4 heteroatoms. The lowest BCUT2D eigenvalue weighted by atomic mass is 10.3. The van der Waals surface area contributed by atoms with Crippen LogP contribution in [-0.4, -0.2) is 18.8 Å². The van der Waals surface area contributed by atoms with Crippen molar-refractivity contribution in [2.45, 2.75) is 12.6 Å². The molecule has 46 valence electrons. The van der Waals surface area contributed by atoms with Crippen LogP contribution in [0.1, 0.15) is 6.92 Å². The van der Waals surface area contributed by atoms with Crippen molar-refractivity contribution in [1.29, 1.82) is 0 Å². The predicted molar refractivity (Wildman–Crippen MR) is 24.6 cm³/mol. The molecule has 1 saturated heterocycles. The Kier molecular flexibility index (Phi) is 0.988. The van der Waals surface area contributed by atoms with Gasteiger partial charge in [-0.2, -0.15) is 5.48 Å². The van der Waals surface area contributed by atoms with E-state index >= 15 is 0 Å². The molecule has 1 aliphatic rings. The average Bonchev–Trinajstić information content (AvgIpc) is 2.47. The van der Waals surface area contributed by atoms with E-state index in [4.69, 9.17) is 0 Å². The normalized spacial score (nSPS) is 34.2. The third kappa shape index (κ3) is 0.677. The number of hydrogen-bond acceptors (Lipinski definition) is 4. The molecule has 1 unspecified atom stereocenters. The Balaban J connectivity index is 2.46. The quantitative estimate of drug-likeness (QED) is 0.368. The summed E-state index contributed by atoms with van der Waals surface area (Å²) < 4.78 is 4.35. The number of rotatable bonds is 1. The topological polar surface area (TPSA) is 60.8 Å². The number of hydrogen-bond donors (Lipinski definition) is 1. The highest BCUT2D eigenvalue weighted by Gasteiger charge is 2.49. The highest BCUT2D eigenvalue weighted by atomic mass is 16.8. The molecule has 8 heavy (non-hydrogen) atoms. The van der Waals surface area contributed by atoms with E-state index in [0.717, 1.165) is 0 Å². The number of carbonyl (C=O) groups is 1. The van der Waals surface area contributed by atoms with E-state index < -0.39 is 11.7 Å². The second kappa shape index (κ2) is 1.43. The first kappa shape index (κ1) is 5.53. The van der Waals surface area contributed by atoms with Gasteiger partial charge >= 0.3 is 5.97 Å². The molecule has 0 aromatic heterocycles. The predicted octanol–water partition coefficient (Wildman–Crippen LogP) is -0.590. The minimum Gasteiger partial charge on any atom is -0.466 e. The second-order valence-corrected chi connectivity index (χ2v) is 1.73. The van der Waals surface area contributed by atoms with Crippen molar-refractivity contribution < 1.29 is 14.4 Å². The van der Waals surface area contributed by atoms with Crippen LogP contribution in [0.5, 0.6) is 0 Å². The Morgan fingerprint density at radius 3 is 2.50 bits per heavy atom. The summed E-state index contributed by atoms with van der Waals surface area (Å²) in [5, 5.41) is 0. The molecule has 0 radical (unpaired) electrons. The van der Waals surface area contributed by atoms with Gasteiger partial charge in [0, 0.05) is 0 Å². The average molecular weight is 117 g/mol. The SMILES string of the molecule is COC(=O)C1(C)NO1. The van der Waals surface area contributed by atoms with E-state index in [2.05, 4.69) is 15.1 Å². The highest BCUT2D eigenvalue weighted by Crippen LogP contribution is 2.18. The molecule has 1 heterocycles. The Hall–Kier alpha value is -0.610. The van der Waals surface area contributed by atoms with Crippen molar-refractivity contribution in [3.63, 3.8) is 0 Å². The third-order valence-electron chi connectivity index (χ3n) is 0.983. The van der Waals surface area contributed by atoms with Crippen LogP contribution in [-0.2, 0) is 14.4 Å². The third-order valence-corrected chi connectivity index (χ3v) is 0.983. The Labute approximate surface area is 46.7 Å². The van der Waals surface area contributed by atoms with E-state index in [1.54, 1.807) is 6.92 Å². The number of carbonyl (C=O) groups excluding carboxylic acids is 1. The number of ether oxygens (including phenoxy) is 1. The molecule has 1 atom stereocenters. The lowest BCUT2D eigenvalue weighted by molar-refractivity contribution is -0.146. The van der Waals surface area contributed by atoms with Crippen molar-refractivity contribution in [2.75, 3.05) is 7.11 Å².